The number of sulfonamides is 1. The third kappa shape index (κ3) is 5.67. The largest absolute Gasteiger partial charge is 0.324 e. The van der Waals surface area contributed by atoms with Crippen LogP contribution in [0.15, 0.2) is 83.8 Å². The monoisotopic (exact) mass is 428 g/mol. The topological polar surface area (TPSA) is 75.3 Å². The van der Waals surface area contributed by atoms with Gasteiger partial charge in [-0.15, -0.1) is 0 Å². The summed E-state index contributed by atoms with van der Waals surface area (Å²) in [7, 11) is -3.91. The molecule has 0 aliphatic rings. The molecule has 2 N–H and O–H groups in total. The van der Waals surface area contributed by atoms with Gasteiger partial charge < -0.3 is 5.32 Å². The second kappa shape index (κ2) is 9.22. The molecule has 1 amide bonds. The van der Waals surface area contributed by atoms with Crippen molar-refractivity contribution in [1.82, 2.24) is 4.72 Å². The summed E-state index contributed by atoms with van der Waals surface area (Å²) >= 11 is 5.85. The van der Waals surface area contributed by atoms with E-state index >= 15 is 0 Å². The van der Waals surface area contributed by atoms with E-state index in [1.165, 1.54) is 24.3 Å². The van der Waals surface area contributed by atoms with E-state index < -0.39 is 22.0 Å². The molecule has 29 heavy (non-hydrogen) atoms. The summed E-state index contributed by atoms with van der Waals surface area (Å²) in [5, 5.41) is 3.26. The average Bonchev–Trinajstić information content (AvgIpc) is 2.70. The Morgan fingerprint density at radius 1 is 0.931 bits per heavy atom. The van der Waals surface area contributed by atoms with Gasteiger partial charge in [-0.05, 0) is 54.8 Å². The molecule has 0 fully saturated rings. The van der Waals surface area contributed by atoms with E-state index in [1.807, 2.05) is 55.5 Å². The summed E-state index contributed by atoms with van der Waals surface area (Å²) in [5.74, 6) is -0.430. The van der Waals surface area contributed by atoms with Gasteiger partial charge in [0, 0.05) is 10.7 Å². The third-order valence-corrected chi connectivity index (χ3v) is 6.16. The van der Waals surface area contributed by atoms with Crippen molar-refractivity contribution >= 4 is 33.2 Å². The molecule has 0 spiro atoms. The highest BCUT2D eigenvalue weighted by Gasteiger charge is 2.26. The van der Waals surface area contributed by atoms with Crippen LogP contribution in [0.1, 0.15) is 11.1 Å². The fourth-order valence-corrected chi connectivity index (χ4v) is 4.16. The first kappa shape index (κ1) is 21.0. The molecule has 0 saturated heterocycles. The number of para-hydroxylation sites is 1. The Hall–Kier alpha value is -2.67. The van der Waals surface area contributed by atoms with Crippen LogP contribution in [0.5, 0.6) is 0 Å². The number of halogens is 1. The van der Waals surface area contributed by atoms with Gasteiger partial charge in [0.05, 0.1) is 4.90 Å². The van der Waals surface area contributed by atoms with Crippen LogP contribution in [0.25, 0.3) is 0 Å². The molecule has 3 aromatic carbocycles. The average molecular weight is 429 g/mol. The minimum Gasteiger partial charge on any atom is -0.324 e. The quantitative estimate of drug-likeness (QED) is 0.592. The molecular formula is C22H21ClN2O3S. The zero-order chi connectivity index (χ0) is 20.9. The smallest absolute Gasteiger partial charge is 0.242 e. The predicted molar refractivity (Wildman–Crippen MR) is 116 cm³/mol. The molecule has 0 heterocycles. The Morgan fingerprint density at radius 2 is 1.55 bits per heavy atom. The molecule has 0 saturated carbocycles. The maximum atomic E-state index is 13.0. The second-order valence-electron chi connectivity index (χ2n) is 6.62. The molecule has 150 valence electrons. The third-order valence-electron chi connectivity index (χ3n) is 4.42. The van der Waals surface area contributed by atoms with E-state index in [9.17, 15) is 13.2 Å². The number of rotatable bonds is 7. The first-order valence-corrected chi connectivity index (χ1v) is 10.9. The minimum atomic E-state index is -3.91. The highest BCUT2D eigenvalue weighted by Crippen LogP contribution is 2.17. The molecule has 7 heteroatoms. The Kier molecular flexibility index (Phi) is 6.69. The fourth-order valence-electron chi connectivity index (χ4n) is 2.84. The molecule has 0 aliphatic heterocycles. The molecule has 0 aliphatic carbocycles. The van der Waals surface area contributed by atoms with Crippen LogP contribution in [0, 0.1) is 6.92 Å². The molecule has 3 rings (SSSR count). The van der Waals surface area contributed by atoms with Gasteiger partial charge in [-0.1, -0.05) is 60.1 Å². The van der Waals surface area contributed by atoms with E-state index in [2.05, 4.69) is 10.0 Å². The van der Waals surface area contributed by atoms with Gasteiger partial charge >= 0.3 is 0 Å². The Bertz CT molecular complexity index is 1080. The van der Waals surface area contributed by atoms with E-state index in [1.54, 1.807) is 6.07 Å². The summed E-state index contributed by atoms with van der Waals surface area (Å²) < 4.78 is 28.2. The standard InChI is InChI=1S/C22H21ClN2O3S/c1-16-7-5-6-10-20(16)24-22(26)21(15-17-8-3-2-4-9-17)25-29(27,28)19-13-11-18(23)12-14-19/h2-14,21,25H,15H2,1H3,(H,24,26). The molecular weight excluding hydrogens is 408 g/mol. The first-order chi connectivity index (χ1) is 13.8. The van der Waals surface area contributed by atoms with Crippen molar-refractivity contribution in [3.63, 3.8) is 0 Å². The van der Waals surface area contributed by atoms with Crippen LogP contribution >= 0.6 is 11.6 Å². The number of carbonyl (C=O) groups is 1. The normalized spacial score (nSPS) is 12.3. The summed E-state index contributed by atoms with van der Waals surface area (Å²) in [6.07, 6.45) is 0.214. The van der Waals surface area contributed by atoms with Gasteiger partial charge in [-0.25, -0.2) is 8.42 Å². The molecule has 0 bridgehead atoms. The van der Waals surface area contributed by atoms with Crippen molar-refractivity contribution in [2.45, 2.75) is 24.3 Å². The highest BCUT2D eigenvalue weighted by molar-refractivity contribution is 7.89. The first-order valence-electron chi connectivity index (χ1n) is 9.03. The van der Waals surface area contributed by atoms with Crippen molar-refractivity contribution < 1.29 is 13.2 Å². The van der Waals surface area contributed by atoms with E-state index in [0.29, 0.717) is 10.7 Å². The number of hydrogen-bond donors (Lipinski definition) is 2. The van der Waals surface area contributed by atoms with Crippen molar-refractivity contribution in [2.75, 3.05) is 5.32 Å². The van der Waals surface area contributed by atoms with Crippen LogP contribution in [0.3, 0.4) is 0 Å². The molecule has 1 atom stereocenters. The zero-order valence-electron chi connectivity index (χ0n) is 15.8. The summed E-state index contributed by atoms with van der Waals surface area (Å²) in [6.45, 7) is 1.87. The van der Waals surface area contributed by atoms with Gasteiger partial charge in [-0.3, -0.25) is 4.79 Å². The lowest BCUT2D eigenvalue weighted by Gasteiger charge is -2.19. The fraction of sp³-hybridized carbons (Fsp3) is 0.136. The molecule has 0 aromatic heterocycles. The lowest BCUT2D eigenvalue weighted by atomic mass is 10.1. The van der Waals surface area contributed by atoms with Crippen LogP contribution in [-0.4, -0.2) is 20.4 Å². The number of aryl methyl sites for hydroxylation is 1. The predicted octanol–water partition coefficient (Wildman–Crippen LogP) is 4.18. The van der Waals surface area contributed by atoms with Crippen molar-refractivity contribution in [2.24, 2.45) is 0 Å². The molecule has 1 unspecified atom stereocenters. The lowest BCUT2D eigenvalue weighted by Crippen LogP contribution is -2.45. The Morgan fingerprint density at radius 3 is 2.21 bits per heavy atom. The van der Waals surface area contributed by atoms with Crippen LogP contribution < -0.4 is 10.0 Å². The minimum absolute atomic E-state index is 0.0450. The van der Waals surface area contributed by atoms with E-state index in [0.717, 1.165) is 11.1 Å². The number of hydrogen-bond acceptors (Lipinski definition) is 3. The van der Waals surface area contributed by atoms with Gasteiger partial charge in [0.2, 0.25) is 15.9 Å². The maximum Gasteiger partial charge on any atom is 0.242 e. The lowest BCUT2D eigenvalue weighted by molar-refractivity contribution is -0.117. The highest BCUT2D eigenvalue weighted by atomic mass is 35.5. The van der Waals surface area contributed by atoms with Crippen LogP contribution in [0.4, 0.5) is 5.69 Å². The second-order valence-corrected chi connectivity index (χ2v) is 8.77. The summed E-state index contributed by atoms with van der Waals surface area (Å²) in [5.41, 5.74) is 2.37. The van der Waals surface area contributed by atoms with Gasteiger partial charge in [-0.2, -0.15) is 4.72 Å². The zero-order valence-corrected chi connectivity index (χ0v) is 17.4. The van der Waals surface area contributed by atoms with E-state index in [-0.39, 0.29) is 11.3 Å². The van der Waals surface area contributed by atoms with Gasteiger partial charge in [0.15, 0.2) is 0 Å². The maximum absolute atomic E-state index is 13.0. The van der Waals surface area contributed by atoms with Gasteiger partial charge in [0.25, 0.3) is 0 Å². The Labute approximate surface area is 175 Å². The summed E-state index contributed by atoms with van der Waals surface area (Å²) in [6, 6.07) is 21.4. The number of benzene rings is 3. The molecule has 0 radical (unpaired) electrons. The van der Waals surface area contributed by atoms with Crippen LogP contribution in [0.2, 0.25) is 5.02 Å². The number of anilines is 1. The number of carbonyl (C=O) groups excluding carboxylic acids is 1. The van der Waals surface area contributed by atoms with Crippen LogP contribution in [-0.2, 0) is 21.2 Å². The van der Waals surface area contributed by atoms with Crippen molar-refractivity contribution in [3.05, 3.63) is 95.0 Å². The number of nitrogens with one attached hydrogen (secondary N) is 2. The SMILES string of the molecule is Cc1ccccc1NC(=O)C(Cc1ccccc1)NS(=O)(=O)c1ccc(Cl)cc1. The molecule has 3 aromatic rings. The van der Waals surface area contributed by atoms with Crippen molar-refractivity contribution in [1.29, 1.82) is 0 Å². The van der Waals surface area contributed by atoms with Crippen molar-refractivity contribution in [3.8, 4) is 0 Å². The number of amides is 1. The molecule has 5 nitrogen and oxygen atoms in total. The summed E-state index contributed by atoms with van der Waals surface area (Å²) in [4.78, 5) is 13.0. The Balaban J connectivity index is 1.87. The van der Waals surface area contributed by atoms with E-state index in [4.69, 9.17) is 11.6 Å². The van der Waals surface area contributed by atoms with Gasteiger partial charge in [0.1, 0.15) is 6.04 Å².